The highest BCUT2D eigenvalue weighted by molar-refractivity contribution is 4.95. The number of hydrogen-bond donors (Lipinski definition) is 2. The average Bonchev–Trinajstić information content (AvgIpc) is 2.97. The molecular formula is C14H28N2O3. The Morgan fingerprint density at radius 3 is 2.95 bits per heavy atom. The molecule has 0 aromatic heterocycles. The van der Waals surface area contributed by atoms with Crippen LogP contribution < -0.4 is 5.32 Å². The van der Waals surface area contributed by atoms with Crippen molar-refractivity contribution >= 4 is 0 Å². The summed E-state index contributed by atoms with van der Waals surface area (Å²) in [6.07, 6.45) is 3.43. The molecule has 2 fully saturated rings. The largest absolute Gasteiger partial charge is 0.389 e. The Hall–Kier alpha value is -0.200. The Kier molecular flexibility index (Phi) is 6.04. The van der Waals surface area contributed by atoms with Crippen LogP contribution in [-0.2, 0) is 9.47 Å². The Morgan fingerprint density at radius 2 is 2.16 bits per heavy atom. The van der Waals surface area contributed by atoms with Crippen LogP contribution in [0.1, 0.15) is 26.2 Å². The fourth-order valence-electron chi connectivity index (χ4n) is 3.23. The lowest BCUT2D eigenvalue weighted by atomic mass is 10.1. The fourth-order valence-corrected chi connectivity index (χ4v) is 3.23. The van der Waals surface area contributed by atoms with Gasteiger partial charge in [-0.2, -0.15) is 0 Å². The van der Waals surface area contributed by atoms with Crippen molar-refractivity contribution in [2.45, 2.75) is 50.5 Å². The summed E-state index contributed by atoms with van der Waals surface area (Å²) in [4.78, 5) is 2.57. The van der Waals surface area contributed by atoms with Gasteiger partial charge in [0.2, 0.25) is 0 Å². The number of nitrogens with one attached hydrogen (secondary N) is 1. The first-order valence-electron chi connectivity index (χ1n) is 7.46. The van der Waals surface area contributed by atoms with E-state index >= 15 is 0 Å². The molecule has 0 spiro atoms. The molecule has 0 bridgehead atoms. The van der Waals surface area contributed by atoms with E-state index in [9.17, 15) is 5.11 Å². The molecule has 2 N–H and O–H groups in total. The van der Waals surface area contributed by atoms with Crippen molar-refractivity contribution in [1.29, 1.82) is 0 Å². The third-order valence-electron chi connectivity index (χ3n) is 4.20. The maximum Gasteiger partial charge on any atom is 0.0897 e. The van der Waals surface area contributed by atoms with Crippen molar-refractivity contribution in [3.05, 3.63) is 0 Å². The third kappa shape index (κ3) is 4.39. The van der Waals surface area contributed by atoms with Crippen LogP contribution in [0.5, 0.6) is 0 Å². The number of hydrogen-bond acceptors (Lipinski definition) is 5. The Bertz CT molecular complexity index is 265. The van der Waals surface area contributed by atoms with Crippen LogP contribution in [0.3, 0.4) is 0 Å². The molecular weight excluding hydrogens is 244 g/mol. The number of ether oxygens (including phenoxy) is 2. The van der Waals surface area contributed by atoms with Crippen LogP contribution in [0.15, 0.2) is 0 Å². The summed E-state index contributed by atoms with van der Waals surface area (Å²) in [7, 11) is 1.66. The lowest BCUT2D eigenvalue weighted by Crippen LogP contribution is -2.43. The van der Waals surface area contributed by atoms with E-state index in [-0.39, 0.29) is 6.10 Å². The zero-order chi connectivity index (χ0) is 13.7. The van der Waals surface area contributed by atoms with Gasteiger partial charge in [0.15, 0.2) is 0 Å². The zero-order valence-electron chi connectivity index (χ0n) is 12.2. The lowest BCUT2D eigenvalue weighted by Gasteiger charge is -2.23. The topological polar surface area (TPSA) is 54.0 Å². The number of aliphatic hydroxyl groups is 1. The van der Waals surface area contributed by atoms with E-state index in [2.05, 4.69) is 10.2 Å². The van der Waals surface area contributed by atoms with Gasteiger partial charge in [0.1, 0.15) is 0 Å². The molecule has 0 amide bonds. The first kappa shape index (κ1) is 15.2. The van der Waals surface area contributed by atoms with Crippen molar-refractivity contribution in [3.63, 3.8) is 0 Å². The molecule has 4 unspecified atom stereocenters. The fraction of sp³-hybridized carbons (Fsp3) is 1.00. The first-order chi connectivity index (χ1) is 9.20. The van der Waals surface area contributed by atoms with Crippen LogP contribution in [0, 0.1) is 0 Å². The van der Waals surface area contributed by atoms with Crippen LogP contribution in [0.4, 0.5) is 0 Å². The molecule has 2 rings (SSSR count). The van der Waals surface area contributed by atoms with Crippen LogP contribution in [-0.4, -0.2) is 74.3 Å². The molecule has 5 heteroatoms. The molecule has 112 valence electrons. The van der Waals surface area contributed by atoms with Gasteiger partial charge in [-0.3, -0.25) is 4.90 Å². The van der Waals surface area contributed by atoms with E-state index in [0.29, 0.717) is 31.8 Å². The first-order valence-corrected chi connectivity index (χ1v) is 7.46. The Labute approximate surface area is 116 Å². The zero-order valence-corrected chi connectivity index (χ0v) is 12.2. The van der Waals surface area contributed by atoms with Gasteiger partial charge >= 0.3 is 0 Å². The maximum absolute atomic E-state index is 9.93. The highest BCUT2D eigenvalue weighted by Gasteiger charge is 2.36. The van der Waals surface area contributed by atoms with E-state index in [1.54, 1.807) is 7.11 Å². The quantitative estimate of drug-likeness (QED) is 0.662. The van der Waals surface area contributed by atoms with Gasteiger partial charge in [-0.05, 0) is 32.7 Å². The predicted molar refractivity (Wildman–Crippen MR) is 74.3 cm³/mol. The summed E-state index contributed by atoms with van der Waals surface area (Å²) in [6, 6.07) is 1.24. The van der Waals surface area contributed by atoms with Gasteiger partial charge in [-0.1, -0.05) is 0 Å². The van der Waals surface area contributed by atoms with Gasteiger partial charge in [-0.15, -0.1) is 0 Å². The molecule has 2 heterocycles. The predicted octanol–water partition coefficient (Wildman–Crippen LogP) is 0.225. The number of aliphatic hydroxyl groups excluding tert-OH is 1. The molecule has 0 saturated carbocycles. The molecule has 19 heavy (non-hydrogen) atoms. The second kappa shape index (κ2) is 7.55. The Balaban J connectivity index is 1.59. The van der Waals surface area contributed by atoms with Gasteiger partial charge < -0.3 is 19.9 Å². The van der Waals surface area contributed by atoms with Crippen molar-refractivity contribution in [2.24, 2.45) is 0 Å². The monoisotopic (exact) mass is 272 g/mol. The van der Waals surface area contributed by atoms with Crippen molar-refractivity contribution < 1.29 is 14.6 Å². The van der Waals surface area contributed by atoms with Crippen LogP contribution in [0.2, 0.25) is 0 Å². The van der Waals surface area contributed by atoms with Crippen LogP contribution in [0.25, 0.3) is 0 Å². The molecule has 2 aliphatic heterocycles. The number of fused-ring (bicyclic) bond motifs is 1. The molecule has 5 nitrogen and oxygen atoms in total. The normalized spacial score (nSPS) is 30.5. The molecule has 0 aliphatic carbocycles. The van der Waals surface area contributed by atoms with Crippen molar-refractivity contribution in [1.82, 2.24) is 10.2 Å². The molecule has 4 atom stereocenters. The SMILES string of the molecule is COCC(C)OCC(O)CNC1CCN2CCCC12. The van der Waals surface area contributed by atoms with Crippen LogP contribution >= 0.6 is 0 Å². The average molecular weight is 272 g/mol. The summed E-state index contributed by atoms with van der Waals surface area (Å²) in [5, 5.41) is 13.4. The number of nitrogens with zero attached hydrogens (tertiary/aromatic N) is 1. The van der Waals surface area contributed by atoms with E-state index < -0.39 is 6.10 Å². The molecule has 0 aromatic rings. The Morgan fingerprint density at radius 1 is 1.32 bits per heavy atom. The molecule has 2 saturated heterocycles. The standard InChI is InChI=1S/C14H28N2O3/c1-11(9-18-2)19-10-12(17)8-15-13-5-7-16-6-3-4-14(13)16/h11-15,17H,3-10H2,1-2H3. The summed E-state index contributed by atoms with van der Waals surface area (Å²) < 4.78 is 10.5. The molecule has 2 aliphatic rings. The van der Waals surface area contributed by atoms with E-state index in [4.69, 9.17) is 9.47 Å². The highest BCUT2D eigenvalue weighted by Crippen LogP contribution is 2.27. The molecule has 0 radical (unpaired) electrons. The number of methoxy groups -OCH3 is 1. The van der Waals surface area contributed by atoms with Crippen molar-refractivity contribution in [3.8, 4) is 0 Å². The smallest absolute Gasteiger partial charge is 0.0897 e. The van der Waals surface area contributed by atoms with Crippen molar-refractivity contribution in [2.75, 3.05) is 40.0 Å². The second-order valence-electron chi connectivity index (χ2n) is 5.80. The second-order valence-corrected chi connectivity index (χ2v) is 5.80. The van der Waals surface area contributed by atoms with E-state index in [0.717, 1.165) is 0 Å². The van der Waals surface area contributed by atoms with Gasteiger partial charge in [0.05, 0.1) is 25.4 Å². The minimum Gasteiger partial charge on any atom is -0.389 e. The lowest BCUT2D eigenvalue weighted by molar-refractivity contribution is -0.0317. The highest BCUT2D eigenvalue weighted by atomic mass is 16.5. The summed E-state index contributed by atoms with van der Waals surface area (Å²) in [5.74, 6) is 0. The van der Waals surface area contributed by atoms with Gasteiger partial charge in [0.25, 0.3) is 0 Å². The minimum atomic E-state index is -0.435. The maximum atomic E-state index is 9.93. The summed E-state index contributed by atoms with van der Waals surface area (Å²) in [5.41, 5.74) is 0. The third-order valence-corrected chi connectivity index (χ3v) is 4.20. The van der Waals surface area contributed by atoms with E-state index in [1.165, 1.54) is 32.4 Å². The molecule has 0 aromatic carbocycles. The summed E-state index contributed by atoms with van der Waals surface area (Å²) in [6.45, 7) is 5.98. The van der Waals surface area contributed by atoms with Gasteiger partial charge in [0, 0.05) is 32.3 Å². The van der Waals surface area contributed by atoms with E-state index in [1.807, 2.05) is 6.92 Å². The minimum absolute atomic E-state index is 0.0384. The number of rotatable bonds is 8. The van der Waals surface area contributed by atoms with Gasteiger partial charge in [-0.25, -0.2) is 0 Å². The summed E-state index contributed by atoms with van der Waals surface area (Å²) >= 11 is 0.